The number of ether oxygens (including phenoxy) is 1. The van der Waals surface area contributed by atoms with Gasteiger partial charge in [-0.15, -0.1) is 0 Å². The molecule has 0 saturated carbocycles. The van der Waals surface area contributed by atoms with Crippen LogP contribution in [0.4, 0.5) is 27.6 Å². The molecule has 2 aromatic rings. The highest BCUT2D eigenvalue weighted by Crippen LogP contribution is 2.45. The van der Waals surface area contributed by atoms with Crippen LogP contribution < -0.4 is 10.1 Å². The van der Waals surface area contributed by atoms with Crippen LogP contribution in [-0.2, 0) is 15.5 Å². The maximum absolute atomic E-state index is 14.9. The van der Waals surface area contributed by atoms with Crippen molar-refractivity contribution in [2.75, 3.05) is 12.4 Å². The molecule has 0 radical (unpaired) electrons. The van der Waals surface area contributed by atoms with Crippen molar-refractivity contribution in [2.24, 2.45) is 0 Å². The van der Waals surface area contributed by atoms with Crippen LogP contribution in [0.1, 0.15) is 38.8 Å². The first-order chi connectivity index (χ1) is 14.8. The number of halogens is 5. The number of para-hydroxylation sites is 1. The molecule has 1 saturated heterocycles. The second-order valence-corrected chi connectivity index (χ2v) is 8.30. The first-order valence-electron chi connectivity index (χ1n) is 9.84. The van der Waals surface area contributed by atoms with Crippen molar-refractivity contribution in [3.8, 4) is 11.5 Å². The van der Waals surface area contributed by atoms with E-state index in [2.05, 4.69) is 5.32 Å². The van der Waals surface area contributed by atoms with Gasteiger partial charge < -0.3 is 19.4 Å². The summed E-state index contributed by atoms with van der Waals surface area (Å²) in [6, 6.07) is 7.35. The van der Waals surface area contributed by atoms with Crippen molar-refractivity contribution in [3.63, 3.8) is 0 Å². The summed E-state index contributed by atoms with van der Waals surface area (Å²) < 4.78 is 87.1. The second-order valence-electron chi connectivity index (χ2n) is 8.30. The van der Waals surface area contributed by atoms with Crippen LogP contribution in [0.15, 0.2) is 42.1 Å². The van der Waals surface area contributed by atoms with Crippen LogP contribution in [0, 0.1) is 5.82 Å². The van der Waals surface area contributed by atoms with E-state index in [1.54, 1.807) is 27.7 Å². The van der Waals surface area contributed by atoms with Crippen molar-refractivity contribution in [1.82, 2.24) is 0 Å². The SMILES string of the molecule is CNc1c(/C=C(\F)B2OC(C)(C)C(C)(C)O2)ccc(Oc2ccccc2F)c1C(F)(F)F. The van der Waals surface area contributed by atoms with E-state index >= 15 is 0 Å². The molecule has 10 heteroatoms. The van der Waals surface area contributed by atoms with Gasteiger partial charge >= 0.3 is 13.3 Å². The van der Waals surface area contributed by atoms with Gasteiger partial charge in [0.25, 0.3) is 0 Å². The van der Waals surface area contributed by atoms with E-state index in [1.165, 1.54) is 31.3 Å². The largest absolute Gasteiger partial charge is 0.525 e. The fraction of sp³-hybridized carbons (Fsp3) is 0.364. The average molecular weight is 455 g/mol. The van der Waals surface area contributed by atoms with E-state index in [-0.39, 0.29) is 11.3 Å². The topological polar surface area (TPSA) is 39.7 Å². The maximum Gasteiger partial charge on any atom is 0.525 e. The Kier molecular flexibility index (Phi) is 6.32. The quantitative estimate of drug-likeness (QED) is 0.407. The molecule has 0 unspecified atom stereocenters. The summed E-state index contributed by atoms with van der Waals surface area (Å²) in [5, 5.41) is 2.45. The lowest BCUT2D eigenvalue weighted by Crippen LogP contribution is -2.41. The molecular weight excluding hydrogens is 432 g/mol. The van der Waals surface area contributed by atoms with Gasteiger partial charge in [-0.1, -0.05) is 12.1 Å². The van der Waals surface area contributed by atoms with Gasteiger partial charge in [-0.3, -0.25) is 0 Å². The van der Waals surface area contributed by atoms with E-state index in [4.69, 9.17) is 14.0 Å². The molecule has 0 spiro atoms. The molecule has 4 nitrogen and oxygen atoms in total. The molecule has 0 amide bonds. The van der Waals surface area contributed by atoms with Gasteiger partial charge in [0.15, 0.2) is 11.6 Å². The van der Waals surface area contributed by atoms with Crippen LogP contribution >= 0.6 is 0 Å². The van der Waals surface area contributed by atoms with Crippen molar-refractivity contribution in [2.45, 2.75) is 45.1 Å². The zero-order valence-electron chi connectivity index (χ0n) is 18.2. The van der Waals surface area contributed by atoms with Gasteiger partial charge in [0.05, 0.1) is 16.9 Å². The predicted molar refractivity (Wildman–Crippen MR) is 113 cm³/mol. The standard InChI is InChI=1S/C22H23BF5NO3/c1-20(2)21(3,4)32-23(31-20)17(25)12-13-10-11-16(18(19(13)29-5)22(26,27)28)30-15-9-7-6-8-14(15)24/h6-12,29H,1-5H3/b17-12-. The fourth-order valence-corrected chi connectivity index (χ4v) is 3.17. The van der Waals surface area contributed by atoms with E-state index in [0.29, 0.717) is 0 Å². The number of hydrogen-bond donors (Lipinski definition) is 1. The van der Waals surface area contributed by atoms with E-state index < -0.39 is 53.0 Å². The molecule has 0 atom stereocenters. The number of nitrogens with one attached hydrogen (secondary N) is 1. The summed E-state index contributed by atoms with van der Waals surface area (Å²) in [4.78, 5) is 0. The lowest BCUT2D eigenvalue weighted by molar-refractivity contribution is -0.137. The minimum Gasteiger partial charge on any atom is -0.454 e. The first kappa shape index (κ1) is 24.1. The van der Waals surface area contributed by atoms with Crippen molar-refractivity contribution >= 4 is 18.9 Å². The molecule has 0 aliphatic carbocycles. The average Bonchev–Trinajstić information content (AvgIpc) is 2.90. The molecule has 1 aliphatic rings. The summed E-state index contributed by atoms with van der Waals surface area (Å²) in [7, 11) is -0.102. The van der Waals surface area contributed by atoms with Gasteiger partial charge in [-0.2, -0.15) is 13.2 Å². The molecule has 1 N–H and O–H groups in total. The summed E-state index contributed by atoms with van der Waals surface area (Å²) in [6.45, 7) is 6.93. The summed E-state index contributed by atoms with van der Waals surface area (Å²) >= 11 is 0. The highest BCUT2D eigenvalue weighted by Gasteiger charge is 2.53. The Hall–Kier alpha value is -2.59. The Balaban J connectivity index is 2.05. The van der Waals surface area contributed by atoms with Crippen LogP contribution in [0.2, 0.25) is 0 Å². The van der Waals surface area contributed by atoms with Gasteiger partial charge in [0, 0.05) is 12.6 Å². The van der Waals surface area contributed by atoms with Crippen LogP contribution in [0.5, 0.6) is 11.5 Å². The fourth-order valence-electron chi connectivity index (χ4n) is 3.17. The number of rotatable bonds is 5. The minimum absolute atomic E-state index is 0.104. The summed E-state index contributed by atoms with van der Waals surface area (Å²) in [5.41, 5.74) is -4.26. The Morgan fingerprint density at radius 1 is 1.00 bits per heavy atom. The Morgan fingerprint density at radius 2 is 1.59 bits per heavy atom. The minimum atomic E-state index is -4.87. The Labute approximate surface area is 183 Å². The lowest BCUT2D eigenvalue weighted by Gasteiger charge is -2.32. The highest BCUT2D eigenvalue weighted by molar-refractivity contribution is 6.54. The third-order valence-corrected chi connectivity index (χ3v) is 5.56. The maximum atomic E-state index is 14.9. The number of alkyl halides is 3. The first-order valence-corrected chi connectivity index (χ1v) is 9.84. The molecule has 1 aliphatic heterocycles. The zero-order chi connectivity index (χ0) is 23.9. The van der Waals surface area contributed by atoms with E-state index in [0.717, 1.165) is 18.2 Å². The van der Waals surface area contributed by atoms with Gasteiger partial charge in [-0.05, 0) is 58.0 Å². The third kappa shape index (κ3) is 4.61. The Bertz CT molecular complexity index is 1020. The number of benzene rings is 2. The van der Waals surface area contributed by atoms with E-state index in [1.807, 2.05) is 0 Å². The molecular formula is C22H23BF5NO3. The molecule has 32 heavy (non-hydrogen) atoms. The summed E-state index contributed by atoms with van der Waals surface area (Å²) in [6.07, 6.45) is -3.96. The van der Waals surface area contributed by atoms with E-state index in [9.17, 15) is 22.0 Å². The van der Waals surface area contributed by atoms with Gasteiger partial charge in [0.2, 0.25) is 0 Å². The lowest BCUT2D eigenvalue weighted by atomic mass is 9.86. The molecule has 1 heterocycles. The highest BCUT2D eigenvalue weighted by atomic mass is 19.4. The van der Waals surface area contributed by atoms with Gasteiger partial charge in [-0.25, -0.2) is 8.78 Å². The monoisotopic (exact) mass is 455 g/mol. The molecule has 1 fully saturated rings. The normalized spacial score (nSPS) is 18.1. The summed E-state index contributed by atoms with van der Waals surface area (Å²) in [5.74, 6) is -1.81. The van der Waals surface area contributed by atoms with Crippen molar-refractivity contribution in [3.05, 3.63) is 59.1 Å². The molecule has 2 aromatic carbocycles. The van der Waals surface area contributed by atoms with Crippen LogP contribution in [0.3, 0.4) is 0 Å². The zero-order valence-corrected chi connectivity index (χ0v) is 18.2. The van der Waals surface area contributed by atoms with Crippen molar-refractivity contribution in [1.29, 1.82) is 0 Å². The Morgan fingerprint density at radius 3 is 2.12 bits per heavy atom. The molecule has 172 valence electrons. The smallest absolute Gasteiger partial charge is 0.454 e. The number of hydrogen-bond acceptors (Lipinski definition) is 4. The molecule has 0 aromatic heterocycles. The number of anilines is 1. The van der Waals surface area contributed by atoms with Gasteiger partial charge in [0.1, 0.15) is 17.0 Å². The van der Waals surface area contributed by atoms with Crippen LogP contribution in [-0.4, -0.2) is 25.4 Å². The molecule has 3 rings (SSSR count). The third-order valence-electron chi connectivity index (χ3n) is 5.56. The predicted octanol–water partition coefficient (Wildman–Crippen LogP) is 6.62. The molecule has 0 bridgehead atoms. The second kappa shape index (κ2) is 8.40. The van der Waals surface area contributed by atoms with Crippen LogP contribution in [0.25, 0.3) is 6.08 Å². The van der Waals surface area contributed by atoms with Crippen molar-refractivity contribution < 1.29 is 36.0 Å².